The zero-order valence-corrected chi connectivity index (χ0v) is 13.5. The van der Waals surface area contributed by atoms with Gasteiger partial charge in [0.05, 0.1) is 12.2 Å². The van der Waals surface area contributed by atoms with E-state index in [9.17, 15) is 14.3 Å². The molecule has 0 aliphatic carbocycles. The van der Waals surface area contributed by atoms with Crippen LogP contribution in [0.25, 0.3) is 0 Å². The first-order valence-corrected chi connectivity index (χ1v) is 7.39. The first kappa shape index (κ1) is 17.7. The Balaban J connectivity index is 2.17. The lowest BCUT2D eigenvalue weighted by Gasteiger charge is -2.15. The number of carboxylic acids is 1. The van der Waals surface area contributed by atoms with Gasteiger partial charge in [-0.1, -0.05) is 18.2 Å². The molecule has 0 radical (unpaired) electrons. The third-order valence-corrected chi connectivity index (χ3v) is 3.22. The molecule has 5 nitrogen and oxygen atoms in total. The van der Waals surface area contributed by atoms with Crippen molar-refractivity contribution in [1.82, 2.24) is 0 Å². The quantitative estimate of drug-likeness (QED) is 0.800. The molecule has 0 aliphatic heterocycles. The molecule has 2 rings (SSSR count). The van der Waals surface area contributed by atoms with E-state index in [-0.39, 0.29) is 29.8 Å². The van der Waals surface area contributed by atoms with Crippen molar-refractivity contribution in [3.8, 4) is 11.5 Å². The van der Waals surface area contributed by atoms with Crippen molar-refractivity contribution in [1.29, 1.82) is 0 Å². The Morgan fingerprint density at radius 1 is 1.21 bits per heavy atom. The number of ether oxygens (including phenoxy) is 3. The molecule has 6 heteroatoms. The molecule has 0 amide bonds. The van der Waals surface area contributed by atoms with Crippen LogP contribution < -0.4 is 9.47 Å². The van der Waals surface area contributed by atoms with Gasteiger partial charge in [-0.25, -0.2) is 9.18 Å². The van der Waals surface area contributed by atoms with Crippen molar-refractivity contribution in [3.63, 3.8) is 0 Å². The van der Waals surface area contributed by atoms with E-state index in [0.29, 0.717) is 17.9 Å². The van der Waals surface area contributed by atoms with E-state index in [4.69, 9.17) is 14.2 Å². The third-order valence-electron chi connectivity index (χ3n) is 3.22. The lowest BCUT2D eigenvalue weighted by Crippen LogP contribution is -2.18. The van der Waals surface area contributed by atoms with Crippen molar-refractivity contribution in [2.75, 3.05) is 13.7 Å². The second-order valence-corrected chi connectivity index (χ2v) is 5.26. The van der Waals surface area contributed by atoms with Gasteiger partial charge >= 0.3 is 5.97 Å². The number of methoxy groups -OCH3 is 1. The van der Waals surface area contributed by atoms with Crippen LogP contribution in [0, 0.1) is 5.82 Å². The topological polar surface area (TPSA) is 65.0 Å². The van der Waals surface area contributed by atoms with Crippen LogP contribution in [-0.4, -0.2) is 30.9 Å². The summed E-state index contributed by atoms with van der Waals surface area (Å²) in [5.74, 6) is -0.839. The summed E-state index contributed by atoms with van der Waals surface area (Å²) in [4.78, 5) is 11.2. The van der Waals surface area contributed by atoms with Crippen molar-refractivity contribution in [3.05, 3.63) is 59.4 Å². The number of aromatic carboxylic acids is 1. The Labute approximate surface area is 139 Å². The lowest BCUT2D eigenvalue weighted by molar-refractivity contribution is 0.0693. The molecule has 2 aromatic rings. The lowest BCUT2D eigenvalue weighted by atomic mass is 10.2. The maximum Gasteiger partial charge on any atom is 0.335 e. The number of hydrogen-bond donors (Lipinski definition) is 1. The Bertz CT molecular complexity index is 702. The minimum Gasteiger partial charge on any atom is -0.489 e. The third kappa shape index (κ3) is 4.96. The monoisotopic (exact) mass is 334 g/mol. The smallest absolute Gasteiger partial charge is 0.335 e. The Hall–Kier alpha value is -2.60. The van der Waals surface area contributed by atoms with Crippen LogP contribution in [0.1, 0.15) is 22.8 Å². The normalized spacial score (nSPS) is 11.8. The molecular weight excluding hydrogens is 315 g/mol. The largest absolute Gasteiger partial charge is 0.489 e. The molecular formula is C18H19FO5. The van der Waals surface area contributed by atoms with Gasteiger partial charge in [0.25, 0.3) is 0 Å². The Morgan fingerprint density at radius 3 is 2.58 bits per heavy atom. The predicted molar refractivity (Wildman–Crippen MR) is 86.1 cm³/mol. The summed E-state index contributed by atoms with van der Waals surface area (Å²) in [6.45, 7) is 2.16. The van der Waals surface area contributed by atoms with Gasteiger partial charge in [0.2, 0.25) is 0 Å². The molecule has 0 spiro atoms. The highest BCUT2D eigenvalue weighted by Crippen LogP contribution is 2.25. The van der Waals surface area contributed by atoms with E-state index in [0.717, 1.165) is 0 Å². The van der Waals surface area contributed by atoms with Crippen LogP contribution in [0.15, 0.2) is 42.5 Å². The molecule has 0 aliphatic rings. The second-order valence-electron chi connectivity index (χ2n) is 5.26. The Kier molecular flexibility index (Phi) is 6.14. The van der Waals surface area contributed by atoms with Gasteiger partial charge in [-0.15, -0.1) is 0 Å². The fourth-order valence-electron chi connectivity index (χ4n) is 2.12. The van der Waals surface area contributed by atoms with Gasteiger partial charge in [-0.2, -0.15) is 0 Å². The number of carboxylic acid groups (broad SMARTS) is 1. The summed E-state index contributed by atoms with van der Waals surface area (Å²) in [6.07, 6.45) is -0.251. The highest BCUT2D eigenvalue weighted by molar-refractivity contribution is 5.88. The number of carbonyl (C=O) groups is 1. The first-order chi connectivity index (χ1) is 11.5. The first-order valence-electron chi connectivity index (χ1n) is 7.39. The summed E-state index contributed by atoms with van der Waals surface area (Å²) in [5, 5.41) is 9.20. The maximum absolute atomic E-state index is 13.6. The van der Waals surface area contributed by atoms with Crippen molar-refractivity contribution >= 4 is 5.97 Å². The molecule has 0 saturated heterocycles. The van der Waals surface area contributed by atoms with E-state index >= 15 is 0 Å². The zero-order valence-electron chi connectivity index (χ0n) is 13.5. The van der Waals surface area contributed by atoms with Crippen molar-refractivity contribution in [2.24, 2.45) is 0 Å². The van der Waals surface area contributed by atoms with Gasteiger partial charge in [-0.3, -0.25) is 0 Å². The number of benzene rings is 2. The Morgan fingerprint density at radius 2 is 1.92 bits per heavy atom. The molecule has 0 bridgehead atoms. The molecule has 1 N–H and O–H groups in total. The van der Waals surface area contributed by atoms with Crippen LogP contribution in [0.2, 0.25) is 0 Å². The van der Waals surface area contributed by atoms with Crippen molar-refractivity contribution in [2.45, 2.75) is 19.6 Å². The van der Waals surface area contributed by atoms with E-state index in [1.54, 1.807) is 38.3 Å². The van der Waals surface area contributed by atoms with E-state index in [1.165, 1.54) is 18.2 Å². The van der Waals surface area contributed by atoms with E-state index in [2.05, 4.69) is 0 Å². The molecule has 24 heavy (non-hydrogen) atoms. The van der Waals surface area contributed by atoms with Gasteiger partial charge in [0.15, 0.2) is 0 Å². The SMILES string of the molecule is COCC(C)Oc1cc(OCc2ccccc2F)cc(C(=O)O)c1. The van der Waals surface area contributed by atoms with Crippen LogP contribution in [0.3, 0.4) is 0 Å². The molecule has 2 aromatic carbocycles. The van der Waals surface area contributed by atoms with Gasteiger partial charge in [-0.05, 0) is 25.1 Å². The molecule has 0 fully saturated rings. The van der Waals surface area contributed by atoms with Crippen LogP contribution in [0.4, 0.5) is 4.39 Å². The highest BCUT2D eigenvalue weighted by atomic mass is 19.1. The molecule has 1 unspecified atom stereocenters. The standard InChI is InChI=1S/C18H19FO5/c1-12(10-22-2)24-16-8-14(18(20)21)7-15(9-16)23-11-13-5-3-4-6-17(13)19/h3-9,12H,10-11H2,1-2H3,(H,20,21). The van der Waals surface area contributed by atoms with Gasteiger partial charge in [0.1, 0.15) is 30.0 Å². The minimum atomic E-state index is -1.10. The molecule has 0 saturated carbocycles. The average molecular weight is 334 g/mol. The summed E-state index contributed by atoms with van der Waals surface area (Å²) >= 11 is 0. The van der Waals surface area contributed by atoms with Crippen LogP contribution in [0.5, 0.6) is 11.5 Å². The van der Waals surface area contributed by atoms with Crippen LogP contribution >= 0.6 is 0 Å². The number of rotatable bonds is 8. The van der Waals surface area contributed by atoms with Crippen LogP contribution in [-0.2, 0) is 11.3 Å². The minimum absolute atomic E-state index is 0.0111. The average Bonchev–Trinajstić information content (AvgIpc) is 2.54. The summed E-state index contributed by atoms with van der Waals surface area (Å²) in [6, 6.07) is 10.6. The molecule has 128 valence electrons. The fourth-order valence-corrected chi connectivity index (χ4v) is 2.12. The molecule has 1 atom stereocenters. The number of hydrogen-bond acceptors (Lipinski definition) is 4. The summed E-state index contributed by atoms with van der Waals surface area (Å²) in [5.41, 5.74) is 0.411. The zero-order chi connectivity index (χ0) is 17.5. The van der Waals surface area contributed by atoms with E-state index in [1.807, 2.05) is 0 Å². The maximum atomic E-state index is 13.6. The molecule has 0 heterocycles. The van der Waals surface area contributed by atoms with Gasteiger partial charge in [0, 0.05) is 18.7 Å². The predicted octanol–water partition coefficient (Wildman–Crippen LogP) is 3.52. The molecule has 0 aromatic heterocycles. The van der Waals surface area contributed by atoms with Crippen molar-refractivity contribution < 1.29 is 28.5 Å². The second kappa shape index (κ2) is 8.31. The summed E-state index contributed by atoms with van der Waals surface area (Å²) < 4.78 is 29.8. The van der Waals surface area contributed by atoms with Gasteiger partial charge < -0.3 is 19.3 Å². The number of halogens is 1. The summed E-state index contributed by atoms with van der Waals surface area (Å²) in [7, 11) is 1.55. The highest BCUT2D eigenvalue weighted by Gasteiger charge is 2.12. The van der Waals surface area contributed by atoms with E-state index < -0.39 is 5.97 Å². The fraction of sp³-hybridized carbons (Fsp3) is 0.278.